The van der Waals surface area contributed by atoms with Crippen molar-refractivity contribution in [2.45, 2.75) is 39.2 Å². The van der Waals surface area contributed by atoms with Crippen molar-refractivity contribution >= 4 is 55.5 Å². The Morgan fingerprint density at radius 1 is 1.17 bits per heavy atom. The lowest BCUT2D eigenvalue weighted by molar-refractivity contribution is 0.0380. The fourth-order valence-electron chi connectivity index (χ4n) is 4.23. The molecule has 7 nitrogen and oxygen atoms in total. The Morgan fingerprint density at radius 3 is 2.66 bits per heavy atom. The number of aryl methyl sites for hydroxylation is 2. The summed E-state index contributed by atoms with van der Waals surface area (Å²) in [5.74, 6) is -0.152. The van der Waals surface area contributed by atoms with E-state index in [0.717, 1.165) is 40.7 Å². The number of amides is 1. The van der Waals surface area contributed by atoms with Crippen molar-refractivity contribution in [3.8, 4) is 16.9 Å². The van der Waals surface area contributed by atoms with E-state index < -0.39 is 5.97 Å². The maximum Gasteiger partial charge on any atom is 0.342 e. The van der Waals surface area contributed by atoms with Gasteiger partial charge in [-0.2, -0.15) is 0 Å². The molecule has 3 aromatic heterocycles. The Hall–Kier alpha value is -3.43. The van der Waals surface area contributed by atoms with Gasteiger partial charge in [0.05, 0.1) is 18.9 Å². The van der Waals surface area contributed by atoms with Crippen molar-refractivity contribution in [3.63, 3.8) is 0 Å². The molecule has 1 aliphatic carbocycles. The molecule has 180 valence electrons. The summed E-state index contributed by atoms with van der Waals surface area (Å²) in [7, 11) is 1.60. The third-order valence-electron chi connectivity index (χ3n) is 5.92. The van der Waals surface area contributed by atoms with Crippen LogP contribution in [0.2, 0.25) is 0 Å². The number of rotatable bonds is 6. The van der Waals surface area contributed by atoms with E-state index >= 15 is 0 Å². The summed E-state index contributed by atoms with van der Waals surface area (Å²) in [4.78, 5) is 32.3. The second-order valence-electron chi connectivity index (χ2n) is 8.64. The minimum absolute atomic E-state index is 0.305. The molecule has 3 heterocycles. The van der Waals surface area contributed by atoms with Crippen LogP contribution in [0.15, 0.2) is 35.7 Å². The number of esters is 1. The van der Waals surface area contributed by atoms with Crippen molar-refractivity contribution in [1.82, 2.24) is 4.98 Å². The number of carbonyl (C=O) groups excluding carboxylic acids is 2. The van der Waals surface area contributed by atoms with Crippen molar-refractivity contribution in [2.24, 2.45) is 0 Å². The lowest BCUT2D eigenvalue weighted by atomic mass is 10.0. The van der Waals surface area contributed by atoms with Gasteiger partial charge in [-0.15, -0.1) is 22.7 Å². The van der Waals surface area contributed by atoms with E-state index in [2.05, 4.69) is 11.4 Å². The van der Waals surface area contributed by atoms with Crippen molar-refractivity contribution < 1.29 is 19.1 Å². The van der Waals surface area contributed by atoms with Crippen LogP contribution in [-0.2, 0) is 17.6 Å². The molecule has 5 rings (SSSR count). The van der Waals surface area contributed by atoms with Gasteiger partial charge in [0.1, 0.15) is 26.0 Å². The molecule has 4 aromatic rings. The number of anilines is 2. The number of thiophene rings is 2. The van der Waals surface area contributed by atoms with E-state index in [1.54, 1.807) is 21.0 Å². The molecule has 0 fully saturated rings. The molecule has 0 radical (unpaired) electrons. The van der Waals surface area contributed by atoms with Gasteiger partial charge in [0, 0.05) is 22.0 Å². The normalized spacial score (nSPS) is 12.7. The molecule has 3 N–H and O–H groups in total. The first kappa shape index (κ1) is 23.3. The van der Waals surface area contributed by atoms with Crippen LogP contribution in [0.4, 0.5) is 10.7 Å². The van der Waals surface area contributed by atoms with E-state index in [1.165, 1.54) is 28.2 Å². The number of pyridine rings is 1. The van der Waals surface area contributed by atoms with Crippen molar-refractivity contribution in [2.75, 3.05) is 18.2 Å². The van der Waals surface area contributed by atoms with Crippen LogP contribution in [0.3, 0.4) is 0 Å². The molecule has 0 bridgehead atoms. The summed E-state index contributed by atoms with van der Waals surface area (Å²) < 4.78 is 10.7. The molecule has 9 heteroatoms. The number of benzene rings is 1. The highest BCUT2D eigenvalue weighted by atomic mass is 32.1. The summed E-state index contributed by atoms with van der Waals surface area (Å²) >= 11 is 2.55. The van der Waals surface area contributed by atoms with Crippen LogP contribution in [0.5, 0.6) is 5.75 Å². The number of nitrogens with two attached hydrogens (primary N) is 1. The number of methoxy groups -OCH3 is 1. The van der Waals surface area contributed by atoms with E-state index in [-0.39, 0.29) is 12.0 Å². The number of aromatic nitrogens is 1. The Balaban J connectivity index is 1.50. The van der Waals surface area contributed by atoms with E-state index in [9.17, 15) is 9.59 Å². The van der Waals surface area contributed by atoms with Gasteiger partial charge in [-0.3, -0.25) is 4.79 Å². The summed E-state index contributed by atoms with van der Waals surface area (Å²) in [6.07, 6.45) is 2.73. The maximum absolute atomic E-state index is 13.3. The molecule has 1 aromatic carbocycles. The average molecular weight is 508 g/mol. The number of carbonyl (C=O) groups is 2. The second kappa shape index (κ2) is 9.31. The van der Waals surface area contributed by atoms with Crippen LogP contribution in [0.25, 0.3) is 21.3 Å². The van der Waals surface area contributed by atoms with Gasteiger partial charge < -0.3 is 20.5 Å². The van der Waals surface area contributed by atoms with Crippen LogP contribution in [0.1, 0.15) is 51.6 Å². The quantitative estimate of drug-likeness (QED) is 0.314. The fourth-order valence-corrected chi connectivity index (χ4v) is 6.18. The predicted molar refractivity (Wildman–Crippen MR) is 141 cm³/mol. The molecule has 35 heavy (non-hydrogen) atoms. The van der Waals surface area contributed by atoms with E-state index in [1.807, 2.05) is 29.6 Å². The van der Waals surface area contributed by atoms with E-state index in [0.29, 0.717) is 32.4 Å². The van der Waals surface area contributed by atoms with Gasteiger partial charge in [-0.25, -0.2) is 9.78 Å². The molecule has 0 saturated carbocycles. The third kappa shape index (κ3) is 4.37. The van der Waals surface area contributed by atoms with Crippen LogP contribution in [0, 0.1) is 0 Å². The van der Waals surface area contributed by atoms with Crippen molar-refractivity contribution in [1.29, 1.82) is 0 Å². The van der Waals surface area contributed by atoms with Gasteiger partial charge in [0.2, 0.25) is 0 Å². The zero-order chi connectivity index (χ0) is 24.7. The number of hydrogen-bond acceptors (Lipinski definition) is 8. The highest BCUT2D eigenvalue weighted by Gasteiger charge is 2.26. The van der Waals surface area contributed by atoms with Gasteiger partial charge in [-0.05, 0) is 62.4 Å². The summed E-state index contributed by atoms with van der Waals surface area (Å²) in [5.41, 5.74) is 10.9. The molecule has 0 saturated heterocycles. The van der Waals surface area contributed by atoms with Crippen LogP contribution < -0.4 is 15.8 Å². The molecule has 0 atom stereocenters. The van der Waals surface area contributed by atoms with Crippen molar-refractivity contribution in [3.05, 3.63) is 57.4 Å². The molecular formula is C26H25N3O4S2. The fraction of sp³-hybridized carbons (Fsp3) is 0.269. The summed E-state index contributed by atoms with van der Waals surface area (Å²) in [6, 6.07) is 9.45. The standard InChI is InChI=1S/C26H25N3O4S2/c1-13(2)33-26(31)20-18(14-7-9-16(32-3)10-8-14)12-34-25(20)29-23(30)22-21(27)17-11-15-5-4-6-19(15)28-24(17)35-22/h7-13H,4-6,27H2,1-3H3,(H,29,30). The first-order chi connectivity index (χ1) is 16.9. The topological polar surface area (TPSA) is 104 Å². The SMILES string of the molecule is COc1ccc(-c2csc(NC(=O)c3sc4nc5c(cc4c3N)CCC5)c2C(=O)OC(C)C)cc1. The van der Waals surface area contributed by atoms with Gasteiger partial charge in [0.25, 0.3) is 5.91 Å². The zero-order valence-corrected chi connectivity index (χ0v) is 21.3. The number of nitrogens with zero attached hydrogens (tertiary/aromatic N) is 1. The first-order valence-electron chi connectivity index (χ1n) is 11.3. The number of hydrogen-bond donors (Lipinski definition) is 2. The number of ether oxygens (including phenoxy) is 2. The van der Waals surface area contributed by atoms with E-state index in [4.69, 9.17) is 20.2 Å². The Morgan fingerprint density at radius 2 is 1.94 bits per heavy atom. The highest BCUT2D eigenvalue weighted by Crippen LogP contribution is 2.39. The lowest BCUT2D eigenvalue weighted by Gasteiger charge is -2.12. The van der Waals surface area contributed by atoms with Crippen LogP contribution >= 0.6 is 22.7 Å². The second-order valence-corrected chi connectivity index (χ2v) is 10.5. The molecule has 0 aliphatic heterocycles. The van der Waals surface area contributed by atoms with Crippen LogP contribution in [-0.4, -0.2) is 30.1 Å². The molecule has 0 spiro atoms. The van der Waals surface area contributed by atoms with Gasteiger partial charge in [-0.1, -0.05) is 12.1 Å². The zero-order valence-electron chi connectivity index (χ0n) is 19.6. The molecular weight excluding hydrogens is 482 g/mol. The summed E-state index contributed by atoms with van der Waals surface area (Å²) in [6.45, 7) is 3.58. The minimum atomic E-state index is -0.496. The molecule has 1 amide bonds. The lowest BCUT2D eigenvalue weighted by Crippen LogP contribution is -2.16. The maximum atomic E-state index is 13.3. The largest absolute Gasteiger partial charge is 0.497 e. The number of fused-ring (bicyclic) bond motifs is 2. The predicted octanol–water partition coefficient (Wildman–Crippen LogP) is 5.92. The molecule has 0 unspecified atom stereocenters. The average Bonchev–Trinajstić information content (AvgIpc) is 3.54. The number of nitrogens with one attached hydrogen (secondary N) is 1. The Bertz CT molecular complexity index is 1440. The first-order valence-corrected chi connectivity index (χ1v) is 13.0. The smallest absolute Gasteiger partial charge is 0.342 e. The third-order valence-corrected chi connectivity index (χ3v) is 7.93. The monoisotopic (exact) mass is 507 g/mol. The Labute approximate surface area is 210 Å². The molecule has 1 aliphatic rings. The number of nitrogen functional groups attached to an aromatic ring is 1. The minimum Gasteiger partial charge on any atom is -0.497 e. The van der Waals surface area contributed by atoms with Gasteiger partial charge in [0.15, 0.2) is 0 Å². The van der Waals surface area contributed by atoms with Gasteiger partial charge >= 0.3 is 5.97 Å². The highest BCUT2D eigenvalue weighted by molar-refractivity contribution is 7.21. The summed E-state index contributed by atoms with van der Waals surface area (Å²) in [5, 5.41) is 5.98. The Kier molecular flexibility index (Phi) is 6.21.